The maximum atomic E-state index is 13.3. The minimum Gasteiger partial charge on any atom is -0.497 e. The van der Waals surface area contributed by atoms with Gasteiger partial charge in [0, 0.05) is 22.3 Å². The number of carbonyl (C=O) groups is 1. The molecule has 1 amide bonds. The van der Waals surface area contributed by atoms with Gasteiger partial charge in [-0.3, -0.25) is 4.79 Å². The largest absolute Gasteiger partial charge is 0.497 e. The van der Waals surface area contributed by atoms with Crippen molar-refractivity contribution >= 4 is 23.4 Å². The third kappa shape index (κ3) is 4.79. The topological polar surface area (TPSA) is 49.8 Å². The van der Waals surface area contributed by atoms with Crippen molar-refractivity contribution in [3.05, 3.63) is 53.6 Å². The maximum absolute atomic E-state index is 13.3. The number of hydrogen-bond donors (Lipinski definition) is 1. The van der Waals surface area contributed by atoms with E-state index in [9.17, 15) is 36.2 Å². The fourth-order valence-corrected chi connectivity index (χ4v) is 4.81. The molecule has 0 radical (unpaired) electrons. The van der Waals surface area contributed by atoms with Crippen molar-refractivity contribution in [3.8, 4) is 5.75 Å². The molecule has 1 atom stereocenters. The first-order valence-corrected chi connectivity index (χ1v) is 10.8. The van der Waals surface area contributed by atoms with Crippen LogP contribution in [0.2, 0.25) is 0 Å². The second-order valence-electron chi connectivity index (χ2n) is 7.57. The zero-order valence-corrected chi connectivity index (χ0v) is 18.4. The molecule has 1 aliphatic rings. The summed E-state index contributed by atoms with van der Waals surface area (Å²) in [7, 11) is 1.48. The van der Waals surface area contributed by atoms with Gasteiger partial charge in [0.25, 0.3) is 5.60 Å². The first-order valence-electron chi connectivity index (χ1n) is 9.92. The Kier molecular flexibility index (Phi) is 6.95. The summed E-state index contributed by atoms with van der Waals surface area (Å²) in [4.78, 5) is 14.5. The van der Waals surface area contributed by atoms with Crippen molar-refractivity contribution in [1.82, 2.24) is 0 Å². The molecular formula is C22H21F6NO3S. The van der Waals surface area contributed by atoms with E-state index < -0.39 is 23.5 Å². The standard InChI is InChI=1S/C22H21F6NO3S/c1-3-16-12-29(19(30)10-13-5-4-6-15(9-13)32-2)17-8-7-14(11-18(17)33-16)20(31,21(23,24)25)22(26,27)28/h4-9,11,16,31H,3,10,12H2,1-2H3/t16-/m0/s1. The van der Waals surface area contributed by atoms with Crippen LogP contribution in [-0.2, 0) is 16.8 Å². The fourth-order valence-electron chi connectivity index (χ4n) is 3.56. The summed E-state index contributed by atoms with van der Waals surface area (Å²) in [6.45, 7) is 2.05. The predicted molar refractivity (Wildman–Crippen MR) is 111 cm³/mol. The van der Waals surface area contributed by atoms with E-state index in [1.807, 2.05) is 0 Å². The van der Waals surface area contributed by atoms with Gasteiger partial charge in [0.05, 0.1) is 19.2 Å². The van der Waals surface area contributed by atoms with Crippen LogP contribution in [-0.4, -0.2) is 42.3 Å². The molecule has 0 spiro atoms. The molecule has 2 aromatic carbocycles. The molecule has 2 aromatic rings. The van der Waals surface area contributed by atoms with Crippen LogP contribution in [0, 0.1) is 0 Å². The lowest BCUT2D eigenvalue weighted by Crippen LogP contribution is -2.54. The number of hydrogen-bond acceptors (Lipinski definition) is 4. The third-order valence-corrected chi connectivity index (χ3v) is 6.81. The summed E-state index contributed by atoms with van der Waals surface area (Å²) in [5.74, 6) is 0.183. The molecule has 0 fully saturated rings. The zero-order valence-electron chi connectivity index (χ0n) is 17.6. The molecule has 0 aliphatic carbocycles. The van der Waals surface area contributed by atoms with Crippen molar-refractivity contribution in [1.29, 1.82) is 0 Å². The lowest BCUT2D eigenvalue weighted by Gasteiger charge is -2.36. The van der Waals surface area contributed by atoms with E-state index in [4.69, 9.17) is 4.74 Å². The minimum absolute atomic E-state index is 0.0332. The zero-order chi connectivity index (χ0) is 24.6. The highest BCUT2D eigenvalue weighted by molar-refractivity contribution is 8.00. The number of benzene rings is 2. The summed E-state index contributed by atoms with van der Waals surface area (Å²) in [5, 5.41) is 9.50. The number of ether oxygens (including phenoxy) is 1. The highest BCUT2D eigenvalue weighted by Crippen LogP contribution is 2.52. The number of halogens is 6. The van der Waals surface area contributed by atoms with Crippen LogP contribution >= 0.6 is 11.8 Å². The molecule has 0 bridgehead atoms. The van der Waals surface area contributed by atoms with E-state index >= 15 is 0 Å². The van der Waals surface area contributed by atoms with Crippen LogP contribution < -0.4 is 9.64 Å². The van der Waals surface area contributed by atoms with Gasteiger partial charge in [0.2, 0.25) is 5.91 Å². The Morgan fingerprint density at radius 3 is 2.36 bits per heavy atom. The molecule has 1 heterocycles. The van der Waals surface area contributed by atoms with E-state index in [2.05, 4.69) is 0 Å². The monoisotopic (exact) mass is 493 g/mol. The van der Waals surface area contributed by atoms with Crippen LogP contribution in [0.1, 0.15) is 24.5 Å². The Hall–Kier alpha value is -2.40. The van der Waals surface area contributed by atoms with E-state index in [1.165, 1.54) is 12.0 Å². The number of alkyl halides is 6. The number of fused-ring (bicyclic) bond motifs is 1. The van der Waals surface area contributed by atoms with Crippen LogP contribution in [0.25, 0.3) is 0 Å². The van der Waals surface area contributed by atoms with Crippen LogP contribution in [0.4, 0.5) is 32.0 Å². The molecule has 0 aromatic heterocycles. The smallest absolute Gasteiger partial charge is 0.430 e. The summed E-state index contributed by atoms with van der Waals surface area (Å²) in [6, 6.07) is 9.07. The van der Waals surface area contributed by atoms with Gasteiger partial charge in [0.1, 0.15) is 5.75 Å². The summed E-state index contributed by atoms with van der Waals surface area (Å²) in [6.07, 6.45) is -11.5. The van der Waals surface area contributed by atoms with Gasteiger partial charge in [0.15, 0.2) is 0 Å². The lowest BCUT2D eigenvalue weighted by molar-refractivity contribution is -0.376. The quantitative estimate of drug-likeness (QED) is 0.562. The average Bonchev–Trinajstić information content (AvgIpc) is 2.75. The van der Waals surface area contributed by atoms with Gasteiger partial charge in [-0.05, 0) is 36.2 Å². The fraction of sp³-hybridized carbons (Fsp3) is 0.409. The lowest BCUT2D eigenvalue weighted by atomic mass is 9.92. The second-order valence-corrected chi connectivity index (χ2v) is 8.91. The number of carbonyl (C=O) groups excluding carboxylic acids is 1. The minimum atomic E-state index is -5.98. The first kappa shape index (κ1) is 25.2. The normalized spacial score (nSPS) is 17.0. The van der Waals surface area contributed by atoms with E-state index in [0.29, 0.717) is 29.9 Å². The molecule has 0 saturated carbocycles. The van der Waals surface area contributed by atoms with Gasteiger partial charge >= 0.3 is 12.4 Å². The van der Waals surface area contributed by atoms with Crippen LogP contribution in [0.15, 0.2) is 47.4 Å². The van der Waals surface area contributed by atoms with Gasteiger partial charge < -0.3 is 14.7 Å². The van der Waals surface area contributed by atoms with Gasteiger partial charge in [-0.2, -0.15) is 26.3 Å². The molecular weight excluding hydrogens is 472 g/mol. The number of nitrogens with zero attached hydrogens (tertiary/aromatic N) is 1. The average molecular weight is 493 g/mol. The van der Waals surface area contributed by atoms with E-state index in [0.717, 1.165) is 17.8 Å². The van der Waals surface area contributed by atoms with Crippen molar-refractivity contribution in [2.45, 2.75) is 47.9 Å². The number of anilines is 1. The molecule has 4 nitrogen and oxygen atoms in total. The molecule has 0 saturated heterocycles. The van der Waals surface area contributed by atoms with Crippen LogP contribution in [0.3, 0.4) is 0 Å². The van der Waals surface area contributed by atoms with Gasteiger partial charge in [-0.25, -0.2) is 0 Å². The number of aliphatic hydroxyl groups is 1. The Morgan fingerprint density at radius 2 is 1.79 bits per heavy atom. The Balaban J connectivity index is 2.01. The number of methoxy groups -OCH3 is 1. The van der Waals surface area contributed by atoms with Crippen molar-refractivity contribution in [3.63, 3.8) is 0 Å². The molecule has 3 rings (SSSR count). The van der Waals surface area contributed by atoms with Crippen molar-refractivity contribution < 1.29 is 41.0 Å². The Bertz CT molecular complexity index is 1010. The molecule has 180 valence electrons. The predicted octanol–water partition coefficient (Wildman–Crippen LogP) is 5.47. The third-order valence-electron chi connectivity index (χ3n) is 5.41. The number of thioether (sulfide) groups is 1. The molecule has 1 aliphatic heterocycles. The summed E-state index contributed by atoms with van der Waals surface area (Å²) >= 11 is 1.08. The molecule has 33 heavy (non-hydrogen) atoms. The highest BCUT2D eigenvalue weighted by Gasteiger charge is 2.71. The maximum Gasteiger partial charge on any atom is 0.430 e. The van der Waals surface area contributed by atoms with E-state index in [1.54, 1.807) is 31.2 Å². The number of amides is 1. The summed E-state index contributed by atoms with van der Waals surface area (Å²) < 4.78 is 85.0. The Morgan fingerprint density at radius 1 is 1.12 bits per heavy atom. The molecule has 1 N–H and O–H groups in total. The van der Waals surface area contributed by atoms with Crippen molar-refractivity contribution in [2.75, 3.05) is 18.6 Å². The van der Waals surface area contributed by atoms with Gasteiger partial charge in [-0.1, -0.05) is 25.1 Å². The van der Waals surface area contributed by atoms with Crippen molar-refractivity contribution in [2.24, 2.45) is 0 Å². The first-order chi connectivity index (χ1) is 15.3. The van der Waals surface area contributed by atoms with E-state index in [-0.39, 0.29) is 34.7 Å². The Labute approximate surface area is 190 Å². The molecule has 0 unspecified atom stereocenters. The number of rotatable bonds is 5. The van der Waals surface area contributed by atoms with Crippen LogP contribution in [0.5, 0.6) is 5.75 Å². The SMILES string of the molecule is CC[C@H]1CN(C(=O)Cc2cccc(OC)c2)c2ccc(C(O)(C(F)(F)F)C(F)(F)F)cc2S1. The highest BCUT2D eigenvalue weighted by atomic mass is 32.2. The second kappa shape index (κ2) is 9.09. The summed E-state index contributed by atoms with van der Waals surface area (Å²) in [5.41, 5.74) is -5.52. The molecule has 11 heteroatoms. The van der Waals surface area contributed by atoms with Gasteiger partial charge in [-0.15, -0.1) is 11.8 Å².